The van der Waals surface area contributed by atoms with Crippen molar-refractivity contribution in [2.45, 2.75) is 6.42 Å². The Morgan fingerprint density at radius 2 is 2.55 bits per heavy atom. The molecular weight excluding hydrogens is 142 g/mol. The normalized spacial score (nSPS) is 13.5. The number of nitrogens with two attached hydrogens (primary N) is 1. The van der Waals surface area contributed by atoms with E-state index in [1.807, 2.05) is 12.2 Å². The zero-order valence-corrected chi connectivity index (χ0v) is 5.79. The van der Waals surface area contributed by atoms with Crippen LogP contribution in [-0.2, 0) is 6.42 Å². The summed E-state index contributed by atoms with van der Waals surface area (Å²) in [4.78, 5) is 10.7. The first-order chi connectivity index (χ1) is 5.29. The molecule has 0 fully saturated rings. The van der Waals surface area contributed by atoms with Crippen molar-refractivity contribution in [2.24, 2.45) is 5.73 Å². The number of nitrogens with one attached hydrogen (secondary N) is 1. The molecule has 0 unspecified atom stereocenters. The van der Waals surface area contributed by atoms with Crippen LogP contribution in [0.4, 0.5) is 0 Å². The molecule has 0 atom stereocenters. The van der Waals surface area contributed by atoms with E-state index in [0.29, 0.717) is 5.69 Å². The van der Waals surface area contributed by atoms with E-state index in [9.17, 15) is 4.79 Å². The van der Waals surface area contributed by atoms with Crippen LogP contribution in [-0.4, -0.2) is 16.1 Å². The molecule has 0 saturated heterocycles. The van der Waals surface area contributed by atoms with E-state index >= 15 is 0 Å². The number of aromatic amines is 1. The van der Waals surface area contributed by atoms with Gasteiger partial charge in [0.15, 0.2) is 0 Å². The maximum absolute atomic E-state index is 10.7. The van der Waals surface area contributed by atoms with Gasteiger partial charge in [0.05, 0.1) is 5.69 Å². The lowest BCUT2D eigenvalue weighted by molar-refractivity contribution is 0.0995. The topological polar surface area (TPSA) is 71.8 Å². The van der Waals surface area contributed by atoms with Crippen LogP contribution in [0.5, 0.6) is 0 Å². The van der Waals surface area contributed by atoms with Crippen LogP contribution in [0.2, 0.25) is 0 Å². The second kappa shape index (κ2) is 1.95. The zero-order valence-electron chi connectivity index (χ0n) is 5.79. The van der Waals surface area contributed by atoms with E-state index < -0.39 is 5.91 Å². The second-order valence-corrected chi connectivity index (χ2v) is 2.43. The van der Waals surface area contributed by atoms with Crippen LogP contribution >= 0.6 is 0 Å². The highest BCUT2D eigenvalue weighted by Gasteiger charge is 2.16. The minimum atomic E-state index is -0.442. The zero-order chi connectivity index (χ0) is 7.84. The average Bonchev–Trinajstić information content (AvgIpc) is 2.41. The molecule has 0 bridgehead atoms. The predicted molar refractivity (Wildman–Crippen MR) is 39.8 cm³/mol. The molecule has 4 nitrogen and oxygen atoms in total. The fourth-order valence-electron chi connectivity index (χ4n) is 1.22. The monoisotopic (exact) mass is 149 g/mol. The highest BCUT2D eigenvalue weighted by Crippen LogP contribution is 2.19. The van der Waals surface area contributed by atoms with Gasteiger partial charge >= 0.3 is 0 Å². The number of carbonyl (C=O) groups excluding carboxylic acids is 1. The lowest BCUT2D eigenvalue weighted by atomic mass is 10.2. The number of primary amides is 1. The van der Waals surface area contributed by atoms with Crippen molar-refractivity contribution in [1.29, 1.82) is 0 Å². The summed E-state index contributed by atoms with van der Waals surface area (Å²) in [5, 5.41) is 6.51. The summed E-state index contributed by atoms with van der Waals surface area (Å²) in [5.74, 6) is -0.442. The lowest BCUT2D eigenvalue weighted by Gasteiger charge is -1.90. The van der Waals surface area contributed by atoms with E-state index in [1.54, 1.807) is 0 Å². The Kier molecular flexibility index (Phi) is 1.09. The van der Waals surface area contributed by atoms with Gasteiger partial charge in [-0.15, -0.1) is 0 Å². The Bertz CT molecular complexity index is 337. The average molecular weight is 149 g/mol. The Morgan fingerprint density at radius 1 is 1.73 bits per heavy atom. The largest absolute Gasteiger partial charge is 0.364 e. The molecular formula is C7H7N3O. The standard InChI is InChI=1S/C7H7N3O/c8-7(11)6-4-2-1-3-5(4)9-10-6/h1,3H,2H2,(H2,8,11)(H,9,10). The molecule has 2 rings (SSSR count). The molecule has 1 aliphatic rings. The first kappa shape index (κ1) is 6.15. The van der Waals surface area contributed by atoms with Crippen molar-refractivity contribution >= 4 is 12.0 Å². The fourth-order valence-corrected chi connectivity index (χ4v) is 1.22. The van der Waals surface area contributed by atoms with Crippen LogP contribution in [0.25, 0.3) is 6.08 Å². The van der Waals surface area contributed by atoms with E-state index in [4.69, 9.17) is 5.73 Å². The number of hydrogen-bond acceptors (Lipinski definition) is 2. The number of H-pyrrole nitrogens is 1. The molecule has 1 aromatic heterocycles. The molecule has 1 amide bonds. The molecule has 11 heavy (non-hydrogen) atoms. The first-order valence-electron chi connectivity index (χ1n) is 3.32. The number of fused-ring (bicyclic) bond motifs is 1. The molecule has 0 radical (unpaired) electrons. The SMILES string of the molecule is NC(=O)c1[nH]nc2c1CC=C2. The molecule has 3 N–H and O–H groups in total. The third-order valence-corrected chi connectivity index (χ3v) is 1.74. The quantitative estimate of drug-likeness (QED) is 0.593. The second-order valence-electron chi connectivity index (χ2n) is 2.43. The molecule has 1 aliphatic carbocycles. The van der Waals surface area contributed by atoms with Gasteiger partial charge in [0, 0.05) is 5.56 Å². The Morgan fingerprint density at radius 3 is 3.27 bits per heavy atom. The molecule has 0 saturated carbocycles. The van der Waals surface area contributed by atoms with Gasteiger partial charge < -0.3 is 5.73 Å². The van der Waals surface area contributed by atoms with Gasteiger partial charge in [0.1, 0.15) is 5.69 Å². The third kappa shape index (κ3) is 0.756. The Balaban J connectivity index is 2.55. The van der Waals surface area contributed by atoms with Gasteiger partial charge in [0.2, 0.25) is 0 Å². The summed E-state index contributed by atoms with van der Waals surface area (Å²) >= 11 is 0. The highest BCUT2D eigenvalue weighted by molar-refractivity contribution is 5.93. The minimum Gasteiger partial charge on any atom is -0.364 e. The number of aromatic nitrogens is 2. The molecule has 1 aromatic rings. The number of rotatable bonds is 1. The number of allylic oxidation sites excluding steroid dienone is 1. The summed E-state index contributed by atoms with van der Waals surface area (Å²) in [7, 11) is 0. The van der Waals surface area contributed by atoms with E-state index in [-0.39, 0.29) is 0 Å². The van der Waals surface area contributed by atoms with E-state index in [2.05, 4.69) is 10.2 Å². The molecule has 0 aliphatic heterocycles. The fraction of sp³-hybridized carbons (Fsp3) is 0.143. The third-order valence-electron chi connectivity index (χ3n) is 1.74. The summed E-state index contributed by atoms with van der Waals surface area (Å²) in [5.41, 5.74) is 7.28. The number of carbonyl (C=O) groups is 1. The first-order valence-corrected chi connectivity index (χ1v) is 3.32. The molecule has 1 heterocycles. The number of nitrogens with zero attached hydrogens (tertiary/aromatic N) is 1. The van der Waals surface area contributed by atoms with Gasteiger partial charge in [-0.1, -0.05) is 6.08 Å². The number of hydrogen-bond donors (Lipinski definition) is 2. The van der Waals surface area contributed by atoms with Crippen molar-refractivity contribution in [3.63, 3.8) is 0 Å². The maximum atomic E-state index is 10.7. The van der Waals surface area contributed by atoms with Crippen molar-refractivity contribution in [3.8, 4) is 0 Å². The predicted octanol–water partition coefficient (Wildman–Crippen LogP) is 0.0779. The smallest absolute Gasteiger partial charge is 0.267 e. The summed E-state index contributed by atoms with van der Waals surface area (Å²) in [6.07, 6.45) is 4.58. The van der Waals surface area contributed by atoms with Gasteiger partial charge in [-0.3, -0.25) is 9.89 Å². The minimum absolute atomic E-state index is 0.435. The molecule has 0 spiro atoms. The Hall–Kier alpha value is -1.58. The van der Waals surface area contributed by atoms with Crippen molar-refractivity contribution < 1.29 is 4.79 Å². The van der Waals surface area contributed by atoms with Crippen molar-refractivity contribution in [2.75, 3.05) is 0 Å². The van der Waals surface area contributed by atoms with Crippen LogP contribution < -0.4 is 5.73 Å². The van der Waals surface area contributed by atoms with Crippen LogP contribution in [0.1, 0.15) is 21.7 Å². The van der Waals surface area contributed by atoms with E-state index in [0.717, 1.165) is 17.7 Å². The van der Waals surface area contributed by atoms with Crippen molar-refractivity contribution in [1.82, 2.24) is 10.2 Å². The van der Waals surface area contributed by atoms with Gasteiger partial charge in [-0.2, -0.15) is 5.10 Å². The molecule has 0 aromatic carbocycles. The van der Waals surface area contributed by atoms with Crippen LogP contribution in [0.15, 0.2) is 6.08 Å². The van der Waals surface area contributed by atoms with E-state index in [1.165, 1.54) is 0 Å². The number of amides is 1. The van der Waals surface area contributed by atoms with Crippen LogP contribution in [0, 0.1) is 0 Å². The molecule has 4 heteroatoms. The van der Waals surface area contributed by atoms with Crippen molar-refractivity contribution in [3.05, 3.63) is 23.0 Å². The highest BCUT2D eigenvalue weighted by atomic mass is 16.1. The Labute approximate surface area is 63.1 Å². The van der Waals surface area contributed by atoms with Gasteiger partial charge in [-0.25, -0.2) is 0 Å². The van der Waals surface area contributed by atoms with Crippen LogP contribution in [0.3, 0.4) is 0 Å². The van der Waals surface area contributed by atoms with Gasteiger partial charge in [0.25, 0.3) is 5.91 Å². The lowest BCUT2D eigenvalue weighted by Crippen LogP contribution is -2.13. The maximum Gasteiger partial charge on any atom is 0.267 e. The summed E-state index contributed by atoms with van der Waals surface area (Å²) in [6.45, 7) is 0. The summed E-state index contributed by atoms with van der Waals surface area (Å²) in [6, 6.07) is 0. The molecule has 56 valence electrons. The summed E-state index contributed by atoms with van der Waals surface area (Å²) < 4.78 is 0. The van der Waals surface area contributed by atoms with Gasteiger partial charge in [-0.05, 0) is 12.5 Å².